The Balaban J connectivity index is 1.52. The van der Waals surface area contributed by atoms with Gasteiger partial charge in [-0.25, -0.2) is 9.67 Å². The molecule has 0 aliphatic heterocycles. The fourth-order valence-corrected chi connectivity index (χ4v) is 3.86. The van der Waals surface area contributed by atoms with E-state index in [-0.39, 0.29) is 10.8 Å². The predicted octanol–water partition coefficient (Wildman–Crippen LogP) is 4.25. The Kier molecular flexibility index (Phi) is 5.36. The summed E-state index contributed by atoms with van der Waals surface area (Å²) in [6.07, 6.45) is 4.77. The van der Waals surface area contributed by atoms with Crippen molar-refractivity contribution in [2.45, 2.75) is 32.8 Å². The van der Waals surface area contributed by atoms with Gasteiger partial charge in [0.25, 0.3) is 0 Å². The average molecular weight is 395 g/mol. The monoisotopic (exact) mass is 394 g/mol. The fraction of sp³-hybridized carbons (Fsp3) is 0.286. The number of aromatic amines is 1. The number of fused-ring (bicyclic) bond motifs is 1. The molecule has 0 aliphatic rings. The summed E-state index contributed by atoms with van der Waals surface area (Å²) in [5.74, 6) is 0.890. The van der Waals surface area contributed by atoms with Gasteiger partial charge in [-0.2, -0.15) is 5.10 Å². The number of H-pyrrole nitrogens is 1. The molecule has 0 amide bonds. The topological polar surface area (TPSA) is 72.8 Å². The molecule has 6 nitrogen and oxygen atoms in total. The quantitative estimate of drug-likeness (QED) is 0.476. The third kappa shape index (κ3) is 3.90. The zero-order valence-corrected chi connectivity index (χ0v) is 16.7. The largest absolute Gasteiger partial charge is 0.377 e. The predicted molar refractivity (Wildman–Crippen MR) is 111 cm³/mol. The van der Waals surface area contributed by atoms with Crippen molar-refractivity contribution in [3.8, 4) is 5.82 Å². The van der Waals surface area contributed by atoms with Crippen LogP contribution in [-0.4, -0.2) is 26.4 Å². The molecule has 7 heteroatoms. The Morgan fingerprint density at radius 1 is 1.25 bits per heavy atom. The van der Waals surface area contributed by atoms with Crippen molar-refractivity contribution in [2.24, 2.45) is 0 Å². The Morgan fingerprint density at radius 3 is 2.93 bits per heavy atom. The van der Waals surface area contributed by atoms with Crippen LogP contribution in [0.25, 0.3) is 16.0 Å². The highest BCUT2D eigenvalue weighted by Crippen LogP contribution is 2.26. The summed E-state index contributed by atoms with van der Waals surface area (Å²) < 4.78 is 8.30. The number of nitrogens with zero attached hydrogens (tertiary/aromatic N) is 3. The number of pyridine rings is 1. The molecule has 28 heavy (non-hydrogen) atoms. The van der Waals surface area contributed by atoms with Crippen LogP contribution < -0.4 is 4.87 Å². The number of hydrogen-bond acceptors (Lipinski definition) is 5. The minimum Gasteiger partial charge on any atom is -0.377 e. The van der Waals surface area contributed by atoms with E-state index in [0.29, 0.717) is 6.61 Å². The molecule has 1 aromatic carbocycles. The summed E-state index contributed by atoms with van der Waals surface area (Å²) in [5.41, 5.74) is 4.02. The summed E-state index contributed by atoms with van der Waals surface area (Å²) in [7, 11) is 0. The lowest BCUT2D eigenvalue weighted by molar-refractivity contribution is 0.121. The Bertz CT molecular complexity index is 1130. The zero-order valence-electron chi connectivity index (χ0n) is 15.9. The van der Waals surface area contributed by atoms with Gasteiger partial charge in [-0.05, 0) is 41.8 Å². The van der Waals surface area contributed by atoms with Crippen LogP contribution in [0.2, 0.25) is 0 Å². The Hall–Kier alpha value is -2.77. The van der Waals surface area contributed by atoms with Gasteiger partial charge in [-0.1, -0.05) is 37.3 Å². The van der Waals surface area contributed by atoms with Gasteiger partial charge in [0.2, 0.25) is 0 Å². The molecule has 0 bridgehead atoms. The van der Waals surface area contributed by atoms with E-state index in [1.807, 2.05) is 42.7 Å². The molecule has 3 aromatic heterocycles. The summed E-state index contributed by atoms with van der Waals surface area (Å²) >= 11 is 1.23. The second-order valence-corrected chi connectivity index (χ2v) is 7.77. The number of thiazole rings is 1. The van der Waals surface area contributed by atoms with E-state index in [9.17, 15) is 4.79 Å². The first-order valence-corrected chi connectivity index (χ1v) is 10.2. The van der Waals surface area contributed by atoms with Crippen LogP contribution >= 0.6 is 11.3 Å². The molecule has 0 saturated heterocycles. The van der Waals surface area contributed by atoms with Crippen LogP contribution in [0.3, 0.4) is 0 Å². The molecular weight excluding hydrogens is 372 g/mol. The molecule has 0 fully saturated rings. The first-order valence-electron chi connectivity index (χ1n) is 9.35. The molecule has 144 valence electrons. The lowest BCUT2D eigenvalue weighted by Gasteiger charge is -2.09. The van der Waals surface area contributed by atoms with Gasteiger partial charge in [-0.15, -0.1) is 0 Å². The van der Waals surface area contributed by atoms with Gasteiger partial charge in [0, 0.05) is 24.9 Å². The van der Waals surface area contributed by atoms with Crippen molar-refractivity contribution in [1.29, 1.82) is 0 Å². The molecule has 0 aliphatic carbocycles. The smallest absolute Gasteiger partial charge is 0.305 e. The summed E-state index contributed by atoms with van der Waals surface area (Å²) in [5, 5.41) is 4.70. The van der Waals surface area contributed by atoms with E-state index < -0.39 is 0 Å². The lowest BCUT2D eigenvalue weighted by atomic mass is 9.98. The first kappa shape index (κ1) is 18.6. The molecule has 0 saturated carbocycles. The molecule has 4 aromatic rings. The fourth-order valence-electron chi connectivity index (χ4n) is 3.07. The van der Waals surface area contributed by atoms with E-state index in [1.54, 1.807) is 4.68 Å². The summed E-state index contributed by atoms with van der Waals surface area (Å²) in [6, 6.07) is 12.0. The second kappa shape index (κ2) is 8.08. The molecule has 1 unspecified atom stereocenters. The molecule has 1 atom stereocenters. The molecule has 3 heterocycles. The van der Waals surface area contributed by atoms with Gasteiger partial charge in [0.05, 0.1) is 22.5 Å². The standard InChI is InChI=1S/C21H22N4O2S/c1-3-10-27-13-15-4-7-20(22-12-15)25-9-8-17(24-25)14(2)16-5-6-18-19(11-16)28-21(26)23-18/h4-9,11-12,14H,3,10,13H2,1-2H3,(H,23,26). The Morgan fingerprint density at radius 2 is 2.14 bits per heavy atom. The number of benzene rings is 1. The van der Waals surface area contributed by atoms with Crippen molar-refractivity contribution >= 4 is 21.6 Å². The van der Waals surface area contributed by atoms with Gasteiger partial charge in [0.15, 0.2) is 5.82 Å². The normalized spacial score (nSPS) is 12.5. The maximum absolute atomic E-state index is 11.5. The van der Waals surface area contributed by atoms with E-state index in [1.165, 1.54) is 11.3 Å². The van der Waals surface area contributed by atoms with E-state index in [2.05, 4.69) is 29.9 Å². The third-order valence-electron chi connectivity index (χ3n) is 4.66. The number of hydrogen-bond donors (Lipinski definition) is 1. The van der Waals surface area contributed by atoms with Crippen LogP contribution in [0.4, 0.5) is 0 Å². The Labute approximate surface area is 166 Å². The highest BCUT2D eigenvalue weighted by molar-refractivity contribution is 7.16. The average Bonchev–Trinajstić information content (AvgIpc) is 3.33. The maximum Gasteiger partial charge on any atom is 0.305 e. The van der Waals surface area contributed by atoms with Crippen molar-refractivity contribution < 1.29 is 4.74 Å². The van der Waals surface area contributed by atoms with Crippen molar-refractivity contribution in [3.05, 3.63) is 75.3 Å². The van der Waals surface area contributed by atoms with Crippen molar-refractivity contribution in [2.75, 3.05) is 6.61 Å². The number of rotatable bonds is 7. The van der Waals surface area contributed by atoms with E-state index in [4.69, 9.17) is 9.84 Å². The zero-order chi connectivity index (χ0) is 19.5. The van der Waals surface area contributed by atoms with Gasteiger partial charge in [0.1, 0.15) is 0 Å². The van der Waals surface area contributed by atoms with Crippen molar-refractivity contribution in [1.82, 2.24) is 19.7 Å². The molecule has 0 spiro atoms. The van der Waals surface area contributed by atoms with Gasteiger partial charge in [-0.3, -0.25) is 4.79 Å². The van der Waals surface area contributed by atoms with E-state index >= 15 is 0 Å². The van der Waals surface area contributed by atoms with Crippen LogP contribution in [0, 0.1) is 0 Å². The second-order valence-electron chi connectivity index (χ2n) is 6.75. The summed E-state index contributed by atoms with van der Waals surface area (Å²) in [6.45, 7) is 5.55. The minimum atomic E-state index is -0.0290. The van der Waals surface area contributed by atoms with Gasteiger partial charge < -0.3 is 9.72 Å². The molecule has 4 rings (SSSR count). The number of aromatic nitrogens is 4. The van der Waals surface area contributed by atoms with Crippen molar-refractivity contribution in [3.63, 3.8) is 0 Å². The lowest BCUT2D eigenvalue weighted by Crippen LogP contribution is -2.03. The highest BCUT2D eigenvalue weighted by Gasteiger charge is 2.14. The highest BCUT2D eigenvalue weighted by atomic mass is 32.1. The number of nitrogens with one attached hydrogen (secondary N) is 1. The van der Waals surface area contributed by atoms with Crippen LogP contribution in [0.15, 0.2) is 53.6 Å². The van der Waals surface area contributed by atoms with Crippen LogP contribution in [-0.2, 0) is 11.3 Å². The van der Waals surface area contributed by atoms with Crippen LogP contribution in [0.1, 0.15) is 43.0 Å². The maximum atomic E-state index is 11.5. The minimum absolute atomic E-state index is 0.0290. The van der Waals surface area contributed by atoms with Crippen LogP contribution in [0.5, 0.6) is 0 Å². The molecular formula is C21H22N4O2S. The van der Waals surface area contributed by atoms with E-state index in [0.717, 1.165) is 45.9 Å². The summed E-state index contributed by atoms with van der Waals surface area (Å²) in [4.78, 5) is 18.8. The molecule has 0 radical (unpaired) electrons. The number of ether oxygens (including phenoxy) is 1. The first-order chi connectivity index (χ1) is 13.6. The molecule has 1 N–H and O–H groups in total. The SMILES string of the molecule is CCCOCc1ccc(-n2ccc(C(C)c3ccc4[nH]c(=O)sc4c3)n2)nc1. The van der Waals surface area contributed by atoms with Gasteiger partial charge >= 0.3 is 4.87 Å². The third-order valence-corrected chi connectivity index (χ3v) is 5.50.